The van der Waals surface area contributed by atoms with E-state index in [2.05, 4.69) is 5.32 Å². The van der Waals surface area contributed by atoms with Crippen molar-refractivity contribution in [3.8, 4) is 0 Å². The molecule has 2 aromatic carbocycles. The Labute approximate surface area is 161 Å². The Kier molecular flexibility index (Phi) is 7.20. The minimum atomic E-state index is -4.45. The van der Waals surface area contributed by atoms with Crippen LogP contribution in [0, 0.1) is 0 Å². The smallest absolute Gasteiger partial charge is 0.384 e. The third kappa shape index (κ3) is 5.80. The number of nitrogens with one attached hydrogen (secondary N) is 1. The molecule has 0 aliphatic carbocycles. The van der Waals surface area contributed by atoms with E-state index in [1.807, 2.05) is 0 Å². The van der Waals surface area contributed by atoms with Gasteiger partial charge in [0, 0.05) is 19.2 Å². The van der Waals surface area contributed by atoms with Crippen LogP contribution in [0.1, 0.15) is 21.5 Å². The summed E-state index contributed by atoms with van der Waals surface area (Å²) in [5.41, 5.74) is -0.417. The second kappa shape index (κ2) is 9.20. The number of sulfone groups is 1. The predicted molar refractivity (Wildman–Crippen MR) is 97.9 cm³/mol. The Morgan fingerprint density at radius 2 is 1.71 bits per heavy atom. The lowest BCUT2D eigenvalue weighted by Gasteiger charge is -2.13. The van der Waals surface area contributed by atoms with Crippen molar-refractivity contribution < 1.29 is 31.1 Å². The highest BCUT2D eigenvalue weighted by Gasteiger charge is 2.32. The quantitative estimate of drug-likeness (QED) is 0.719. The molecule has 2 aromatic rings. The Morgan fingerprint density at radius 1 is 1.07 bits per heavy atom. The number of benzene rings is 2. The fourth-order valence-corrected chi connectivity index (χ4v) is 3.72. The number of ether oxygens (including phenoxy) is 1. The molecule has 1 amide bonds. The van der Waals surface area contributed by atoms with Crippen LogP contribution < -0.4 is 5.32 Å². The van der Waals surface area contributed by atoms with Crippen LogP contribution in [-0.2, 0) is 27.2 Å². The lowest BCUT2D eigenvalue weighted by Crippen LogP contribution is -2.26. The first-order chi connectivity index (χ1) is 13.1. The molecule has 0 unspecified atom stereocenters. The highest BCUT2D eigenvalue weighted by Crippen LogP contribution is 2.31. The van der Waals surface area contributed by atoms with Crippen molar-refractivity contribution in [1.82, 2.24) is 5.32 Å². The highest BCUT2D eigenvalue weighted by molar-refractivity contribution is 7.91. The highest BCUT2D eigenvalue weighted by atomic mass is 32.2. The van der Waals surface area contributed by atoms with Crippen molar-refractivity contribution in [2.24, 2.45) is 0 Å². The van der Waals surface area contributed by atoms with Crippen LogP contribution in [0.25, 0.3) is 0 Å². The fraction of sp³-hybridized carbons (Fsp3) is 0.316. The summed E-state index contributed by atoms with van der Waals surface area (Å²) in [6, 6.07) is 10.5. The van der Waals surface area contributed by atoms with E-state index < -0.39 is 27.5 Å². The summed E-state index contributed by atoms with van der Waals surface area (Å²) in [6.45, 7) is 0.0732. The molecule has 9 heteroatoms. The summed E-state index contributed by atoms with van der Waals surface area (Å²) in [5, 5.41) is 2.54. The Balaban J connectivity index is 1.98. The Bertz CT molecular complexity index is 910. The third-order valence-corrected chi connectivity index (χ3v) is 5.73. The van der Waals surface area contributed by atoms with Crippen LogP contribution in [0.5, 0.6) is 0 Å². The molecule has 0 heterocycles. The van der Waals surface area contributed by atoms with Gasteiger partial charge in [-0.25, -0.2) is 8.42 Å². The molecule has 0 spiro atoms. The number of carbonyl (C=O) groups is 1. The maximum absolute atomic E-state index is 13.0. The summed E-state index contributed by atoms with van der Waals surface area (Å²) in [7, 11) is -2.10. The molecule has 0 radical (unpaired) electrons. The van der Waals surface area contributed by atoms with E-state index in [-0.39, 0.29) is 41.3 Å². The van der Waals surface area contributed by atoms with Gasteiger partial charge in [-0.3, -0.25) is 4.79 Å². The maximum atomic E-state index is 13.0. The predicted octanol–water partition coefficient (Wildman–Crippen LogP) is 3.10. The van der Waals surface area contributed by atoms with Gasteiger partial charge in [-0.1, -0.05) is 18.2 Å². The van der Waals surface area contributed by atoms with Crippen molar-refractivity contribution in [1.29, 1.82) is 0 Å². The number of halogens is 3. The number of rotatable bonds is 8. The van der Waals surface area contributed by atoms with Gasteiger partial charge in [-0.05, 0) is 42.3 Å². The second-order valence-corrected chi connectivity index (χ2v) is 8.11. The minimum Gasteiger partial charge on any atom is -0.384 e. The van der Waals surface area contributed by atoms with E-state index in [1.54, 1.807) is 0 Å². The van der Waals surface area contributed by atoms with Crippen molar-refractivity contribution in [3.05, 3.63) is 65.2 Å². The van der Waals surface area contributed by atoms with Crippen LogP contribution in [0.3, 0.4) is 0 Å². The van der Waals surface area contributed by atoms with Gasteiger partial charge in [0.2, 0.25) is 0 Å². The van der Waals surface area contributed by atoms with Gasteiger partial charge in [0.1, 0.15) is 0 Å². The number of amides is 1. The molecule has 5 nitrogen and oxygen atoms in total. The zero-order valence-electron chi connectivity index (χ0n) is 15.1. The van der Waals surface area contributed by atoms with Gasteiger partial charge < -0.3 is 10.1 Å². The molecule has 0 fully saturated rings. The normalized spacial score (nSPS) is 12.0. The molecule has 0 aromatic heterocycles. The zero-order valence-corrected chi connectivity index (χ0v) is 15.9. The van der Waals surface area contributed by atoms with Crippen LogP contribution in [0.4, 0.5) is 13.2 Å². The lowest BCUT2D eigenvalue weighted by molar-refractivity contribution is -0.138. The van der Waals surface area contributed by atoms with Crippen molar-refractivity contribution >= 4 is 15.7 Å². The van der Waals surface area contributed by atoms with Gasteiger partial charge in [0.25, 0.3) is 5.91 Å². The first kappa shape index (κ1) is 21.9. The SMILES string of the molecule is COCCS(=O)(=O)c1ccc(C(=O)NCCc2ccccc2C(F)(F)F)cc1. The average Bonchev–Trinajstić information content (AvgIpc) is 2.66. The molecule has 2 rings (SSSR count). The monoisotopic (exact) mass is 415 g/mol. The van der Waals surface area contributed by atoms with Gasteiger partial charge >= 0.3 is 6.18 Å². The molecule has 0 atom stereocenters. The van der Waals surface area contributed by atoms with Gasteiger partial charge in [0.05, 0.1) is 22.8 Å². The summed E-state index contributed by atoms with van der Waals surface area (Å²) >= 11 is 0. The molecule has 0 saturated heterocycles. The van der Waals surface area contributed by atoms with Crippen LogP contribution in [0.2, 0.25) is 0 Å². The average molecular weight is 415 g/mol. The standard InChI is InChI=1S/C19H20F3NO4S/c1-27-12-13-28(25,26)16-8-6-15(7-9-16)18(24)23-11-10-14-4-2-3-5-17(14)19(20,21)22/h2-9H,10-13H2,1H3,(H,23,24). The molecular formula is C19H20F3NO4S. The van der Waals surface area contributed by atoms with E-state index in [0.717, 1.165) is 6.07 Å². The van der Waals surface area contributed by atoms with Crippen molar-refractivity contribution in [2.75, 3.05) is 26.0 Å². The van der Waals surface area contributed by atoms with Crippen molar-refractivity contribution in [2.45, 2.75) is 17.5 Å². The maximum Gasteiger partial charge on any atom is 0.416 e. The Morgan fingerprint density at radius 3 is 2.32 bits per heavy atom. The van der Waals surface area contributed by atoms with E-state index in [1.165, 1.54) is 49.6 Å². The molecule has 28 heavy (non-hydrogen) atoms. The van der Waals surface area contributed by atoms with Gasteiger partial charge in [0.15, 0.2) is 9.84 Å². The summed E-state index contributed by atoms with van der Waals surface area (Å²) < 4.78 is 67.7. The van der Waals surface area contributed by atoms with E-state index in [0.29, 0.717) is 0 Å². The minimum absolute atomic E-state index is 0.0137. The summed E-state index contributed by atoms with van der Waals surface area (Å²) in [5.74, 6) is -0.668. The Hall–Kier alpha value is -2.39. The molecule has 0 aliphatic rings. The van der Waals surface area contributed by atoms with Gasteiger partial charge in [-0.2, -0.15) is 13.2 Å². The first-order valence-corrected chi connectivity index (χ1v) is 10.1. The van der Waals surface area contributed by atoms with Crippen LogP contribution in [-0.4, -0.2) is 40.3 Å². The van der Waals surface area contributed by atoms with E-state index in [4.69, 9.17) is 4.74 Å². The third-order valence-electron chi connectivity index (χ3n) is 4.03. The second-order valence-electron chi connectivity index (χ2n) is 6.00. The number of hydrogen-bond donors (Lipinski definition) is 1. The van der Waals surface area contributed by atoms with E-state index in [9.17, 15) is 26.4 Å². The molecule has 152 valence electrons. The number of methoxy groups -OCH3 is 1. The summed E-state index contributed by atoms with van der Waals surface area (Å²) in [6.07, 6.45) is -4.43. The van der Waals surface area contributed by atoms with E-state index >= 15 is 0 Å². The number of alkyl halides is 3. The van der Waals surface area contributed by atoms with Crippen LogP contribution >= 0.6 is 0 Å². The topological polar surface area (TPSA) is 72.5 Å². The fourth-order valence-electron chi connectivity index (χ4n) is 2.55. The van der Waals surface area contributed by atoms with Crippen molar-refractivity contribution in [3.63, 3.8) is 0 Å². The zero-order chi connectivity index (χ0) is 20.8. The molecule has 1 N–H and O–H groups in total. The van der Waals surface area contributed by atoms with Crippen LogP contribution in [0.15, 0.2) is 53.4 Å². The largest absolute Gasteiger partial charge is 0.416 e. The summed E-state index contributed by atoms with van der Waals surface area (Å²) in [4.78, 5) is 12.2. The molecule has 0 bridgehead atoms. The molecular weight excluding hydrogens is 395 g/mol. The molecule has 0 aliphatic heterocycles. The molecule has 0 saturated carbocycles. The number of carbonyl (C=O) groups excluding carboxylic acids is 1. The first-order valence-electron chi connectivity index (χ1n) is 8.40. The lowest BCUT2D eigenvalue weighted by atomic mass is 10.0. The van der Waals surface area contributed by atoms with Gasteiger partial charge in [-0.15, -0.1) is 0 Å². The number of hydrogen-bond acceptors (Lipinski definition) is 4.